The lowest BCUT2D eigenvalue weighted by molar-refractivity contribution is 0.629. The normalized spacial score (nSPS) is 10.7. The van der Waals surface area contributed by atoms with E-state index in [4.69, 9.17) is 10.2 Å². The number of benzene rings is 1. The molecule has 3 aromatic rings. The molecule has 0 aliphatic rings. The molecule has 3 N–H and O–H groups in total. The molecule has 0 bridgehead atoms. The number of anilines is 1. The summed E-state index contributed by atoms with van der Waals surface area (Å²) in [4.78, 5) is 28.9. The SMILES string of the molecule is Nc1nc(-c2cc3ccccc3o2)cc(=O)c(=O)[nH]1. The van der Waals surface area contributed by atoms with Gasteiger partial charge in [-0.3, -0.25) is 14.6 Å². The minimum Gasteiger partial charge on any atom is -0.454 e. The van der Waals surface area contributed by atoms with Gasteiger partial charge in [0.05, 0.1) is 0 Å². The third kappa shape index (κ3) is 1.99. The molecule has 0 radical (unpaired) electrons. The zero-order valence-electron chi connectivity index (χ0n) is 9.71. The number of hydrogen-bond donors (Lipinski definition) is 2. The smallest absolute Gasteiger partial charge is 0.298 e. The molecule has 2 aromatic heterocycles. The first-order chi connectivity index (χ1) is 9.13. The fourth-order valence-corrected chi connectivity index (χ4v) is 1.79. The molecule has 19 heavy (non-hydrogen) atoms. The van der Waals surface area contributed by atoms with Crippen LogP contribution in [-0.2, 0) is 0 Å². The molecule has 0 amide bonds. The molecule has 2 heterocycles. The van der Waals surface area contributed by atoms with Crippen molar-refractivity contribution in [3.63, 3.8) is 0 Å². The van der Waals surface area contributed by atoms with E-state index in [-0.39, 0.29) is 11.6 Å². The Hall–Kier alpha value is -2.89. The van der Waals surface area contributed by atoms with E-state index in [2.05, 4.69) is 9.97 Å². The Morgan fingerprint density at radius 2 is 1.95 bits per heavy atom. The summed E-state index contributed by atoms with van der Waals surface area (Å²) in [5.74, 6) is 0.247. The van der Waals surface area contributed by atoms with Crippen LogP contribution in [0.3, 0.4) is 0 Å². The zero-order valence-corrected chi connectivity index (χ0v) is 9.71. The summed E-state index contributed by atoms with van der Waals surface area (Å²) in [6.07, 6.45) is 0. The minimum absolute atomic E-state index is 0.137. The summed E-state index contributed by atoms with van der Waals surface area (Å²) in [6, 6.07) is 10.2. The van der Waals surface area contributed by atoms with Gasteiger partial charge in [-0.25, -0.2) is 4.98 Å². The van der Waals surface area contributed by atoms with Crippen LogP contribution in [0, 0.1) is 0 Å². The van der Waals surface area contributed by atoms with Gasteiger partial charge in [-0.15, -0.1) is 0 Å². The minimum atomic E-state index is -0.813. The molecule has 0 saturated carbocycles. The van der Waals surface area contributed by atoms with Crippen molar-refractivity contribution in [1.29, 1.82) is 0 Å². The average molecular weight is 255 g/mol. The van der Waals surface area contributed by atoms with E-state index in [1.165, 1.54) is 0 Å². The number of furan rings is 1. The predicted molar refractivity (Wildman–Crippen MR) is 70.7 cm³/mol. The van der Waals surface area contributed by atoms with Crippen molar-refractivity contribution in [2.24, 2.45) is 0 Å². The highest BCUT2D eigenvalue weighted by molar-refractivity contribution is 5.82. The van der Waals surface area contributed by atoms with Gasteiger partial charge in [-0.05, 0) is 12.1 Å². The van der Waals surface area contributed by atoms with Crippen molar-refractivity contribution in [2.45, 2.75) is 0 Å². The van der Waals surface area contributed by atoms with Crippen LogP contribution in [0.1, 0.15) is 0 Å². The number of nitrogens with two attached hydrogens (primary N) is 1. The maximum atomic E-state index is 11.5. The van der Waals surface area contributed by atoms with Crippen molar-refractivity contribution < 1.29 is 4.42 Å². The van der Waals surface area contributed by atoms with Gasteiger partial charge in [0.15, 0.2) is 5.76 Å². The molecule has 0 aliphatic heterocycles. The second kappa shape index (κ2) is 4.09. The highest BCUT2D eigenvalue weighted by atomic mass is 16.3. The van der Waals surface area contributed by atoms with Crippen LogP contribution in [0.15, 0.2) is 50.4 Å². The fourth-order valence-electron chi connectivity index (χ4n) is 1.79. The molecule has 1 aromatic carbocycles. The Kier molecular flexibility index (Phi) is 2.42. The summed E-state index contributed by atoms with van der Waals surface area (Å²) in [7, 11) is 0. The first kappa shape index (κ1) is 11.2. The summed E-state index contributed by atoms with van der Waals surface area (Å²) in [6.45, 7) is 0. The van der Waals surface area contributed by atoms with E-state index in [1.807, 2.05) is 18.2 Å². The second-order valence-corrected chi connectivity index (χ2v) is 3.99. The number of fused-ring (bicyclic) bond motifs is 1. The van der Waals surface area contributed by atoms with Gasteiger partial charge in [0, 0.05) is 11.5 Å². The Labute approximate surface area is 106 Å². The second-order valence-electron chi connectivity index (χ2n) is 3.99. The number of rotatable bonds is 1. The Morgan fingerprint density at radius 1 is 1.16 bits per heavy atom. The van der Waals surface area contributed by atoms with Crippen LogP contribution in [0.2, 0.25) is 0 Å². The van der Waals surface area contributed by atoms with Crippen LogP contribution in [0.25, 0.3) is 22.4 Å². The first-order valence-electron chi connectivity index (χ1n) is 5.53. The molecule has 0 atom stereocenters. The van der Waals surface area contributed by atoms with Crippen LogP contribution < -0.4 is 16.7 Å². The molecule has 0 aliphatic carbocycles. The largest absolute Gasteiger partial charge is 0.454 e. The number of nitrogens with one attached hydrogen (secondary N) is 1. The molecule has 0 fully saturated rings. The van der Waals surface area contributed by atoms with E-state index >= 15 is 0 Å². The van der Waals surface area contributed by atoms with Gasteiger partial charge < -0.3 is 10.2 Å². The van der Waals surface area contributed by atoms with E-state index in [9.17, 15) is 9.59 Å². The number of para-hydroxylation sites is 1. The highest BCUT2D eigenvalue weighted by Gasteiger charge is 2.08. The Bertz CT molecular complexity index is 847. The predicted octanol–water partition coefficient (Wildman–Crippen LogP) is 1.13. The summed E-state index contributed by atoms with van der Waals surface area (Å²) in [5.41, 5.74) is 4.85. The summed E-state index contributed by atoms with van der Waals surface area (Å²) in [5, 5.41) is 0.878. The lowest BCUT2D eigenvalue weighted by Gasteiger charge is -1.90. The molecule has 6 heteroatoms. The number of aromatic nitrogens is 2. The van der Waals surface area contributed by atoms with E-state index in [0.29, 0.717) is 11.3 Å². The number of hydrogen-bond acceptors (Lipinski definition) is 5. The summed E-state index contributed by atoms with van der Waals surface area (Å²) < 4.78 is 5.57. The number of aromatic amines is 1. The Morgan fingerprint density at radius 3 is 2.74 bits per heavy atom. The van der Waals surface area contributed by atoms with Crippen LogP contribution in [-0.4, -0.2) is 9.97 Å². The molecule has 6 nitrogen and oxygen atoms in total. The topological polar surface area (TPSA) is 102 Å². The lowest BCUT2D eigenvalue weighted by atomic mass is 10.2. The Balaban J connectivity index is 2.30. The zero-order chi connectivity index (χ0) is 13.4. The molecular formula is C13H9N3O3. The fraction of sp³-hybridized carbons (Fsp3) is 0. The maximum Gasteiger partial charge on any atom is 0.298 e. The van der Waals surface area contributed by atoms with Gasteiger partial charge in [-0.1, -0.05) is 18.2 Å². The third-order valence-electron chi connectivity index (χ3n) is 2.65. The lowest BCUT2D eigenvalue weighted by Crippen LogP contribution is -2.22. The van der Waals surface area contributed by atoms with Gasteiger partial charge in [0.2, 0.25) is 11.4 Å². The quantitative estimate of drug-likeness (QED) is 0.634. The molecule has 0 saturated heterocycles. The number of nitrogens with zero attached hydrogens (tertiary/aromatic N) is 1. The number of H-pyrrole nitrogens is 1. The van der Waals surface area contributed by atoms with Gasteiger partial charge in [-0.2, -0.15) is 0 Å². The van der Waals surface area contributed by atoms with Crippen molar-refractivity contribution >= 4 is 16.9 Å². The van der Waals surface area contributed by atoms with E-state index < -0.39 is 11.0 Å². The van der Waals surface area contributed by atoms with Gasteiger partial charge in [0.1, 0.15) is 11.3 Å². The van der Waals surface area contributed by atoms with Crippen LogP contribution >= 0.6 is 0 Å². The highest BCUT2D eigenvalue weighted by Crippen LogP contribution is 2.25. The molecule has 94 valence electrons. The monoisotopic (exact) mass is 255 g/mol. The summed E-state index contributed by atoms with van der Waals surface area (Å²) >= 11 is 0. The van der Waals surface area contributed by atoms with Crippen molar-refractivity contribution in [3.8, 4) is 11.5 Å². The maximum absolute atomic E-state index is 11.5. The average Bonchev–Trinajstić information content (AvgIpc) is 2.75. The van der Waals surface area contributed by atoms with Crippen molar-refractivity contribution in [3.05, 3.63) is 57.0 Å². The molecule has 3 rings (SSSR count). The van der Waals surface area contributed by atoms with Crippen molar-refractivity contribution in [2.75, 3.05) is 5.73 Å². The molecular weight excluding hydrogens is 246 g/mol. The molecule has 0 unspecified atom stereocenters. The van der Waals surface area contributed by atoms with Crippen LogP contribution in [0.5, 0.6) is 0 Å². The van der Waals surface area contributed by atoms with E-state index in [1.54, 1.807) is 12.1 Å². The van der Waals surface area contributed by atoms with Gasteiger partial charge in [0.25, 0.3) is 5.56 Å². The molecule has 0 spiro atoms. The number of nitrogen functional groups attached to an aromatic ring is 1. The van der Waals surface area contributed by atoms with Crippen molar-refractivity contribution in [1.82, 2.24) is 9.97 Å². The van der Waals surface area contributed by atoms with Crippen LogP contribution in [0.4, 0.5) is 5.95 Å². The first-order valence-corrected chi connectivity index (χ1v) is 5.53. The van der Waals surface area contributed by atoms with E-state index in [0.717, 1.165) is 11.5 Å². The van der Waals surface area contributed by atoms with Gasteiger partial charge >= 0.3 is 0 Å². The third-order valence-corrected chi connectivity index (χ3v) is 2.65. The standard InChI is InChI=1S/C13H9N3O3/c14-13-15-8(6-9(17)12(18)16-13)11-5-7-3-1-2-4-10(7)19-11/h1-6H,(H3,14,15,16,17,18).